The van der Waals surface area contributed by atoms with Crippen LogP contribution in [0.1, 0.15) is 54.1 Å². The maximum absolute atomic E-state index is 13.1. The molecule has 0 spiro atoms. The zero-order valence-electron chi connectivity index (χ0n) is 14.6. The van der Waals surface area contributed by atoms with E-state index in [1.807, 2.05) is 42.6 Å². The second-order valence-electron chi connectivity index (χ2n) is 6.99. The minimum absolute atomic E-state index is 0.130. The molecule has 4 heteroatoms. The van der Waals surface area contributed by atoms with Crippen LogP contribution in [-0.2, 0) is 0 Å². The Kier molecular flexibility index (Phi) is 4.68. The van der Waals surface area contributed by atoms with Gasteiger partial charge < -0.3 is 9.80 Å². The Morgan fingerprint density at radius 1 is 0.920 bits per heavy atom. The van der Waals surface area contributed by atoms with E-state index in [0.29, 0.717) is 0 Å². The van der Waals surface area contributed by atoms with Gasteiger partial charge in [0.05, 0.1) is 6.04 Å². The van der Waals surface area contributed by atoms with Gasteiger partial charge in [-0.25, -0.2) is 4.98 Å². The van der Waals surface area contributed by atoms with Gasteiger partial charge >= 0.3 is 0 Å². The highest BCUT2D eigenvalue weighted by Crippen LogP contribution is 2.37. The normalized spacial score (nSPS) is 20.7. The third-order valence-electron chi connectivity index (χ3n) is 5.37. The molecule has 2 aliphatic rings. The topological polar surface area (TPSA) is 36.4 Å². The molecular formula is C21H25N3O. The van der Waals surface area contributed by atoms with E-state index in [9.17, 15) is 4.79 Å². The molecule has 1 atom stereocenters. The van der Waals surface area contributed by atoms with Gasteiger partial charge in [-0.2, -0.15) is 0 Å². The van der Waals surface area contributed by atoms with Crippen molar-refractivity contribution < 1.29 is 4.79 Å². The van der Waals surface area contributed by atoms with Gasteiger partial charge in [0.1, 0.15) is 5.82 Å². The number of benzene rings is 1. The number of hydrogen-bond donors (Lipinski definition) is 0. The van der Waals surface area contributed by atoms with Crippen molar-refractivity contribution in [3.63, 3.8) is 0 Å². The van der Waals surface area contributed by atoms with E-state index >= 15 is 0 Å². The lowest BCUT2D eigenvalue weighted by molar-refractivity contribution is 0.0612. The number of anilines is 1. The maximum atomic E-state index is 13.1. The van der Waals surface area contributed by atoms with Gasteiger partial charge in [0.2, 0.25) is 0 Å². The van der Waals surface area contributed by atoms with Crippen molar-refractivity contribution in [1.29, 1.82) is 0 Å². The Balaban J connectivity index is 1.67. The second-order valence-corrected chi connectivity index (χ2v) is 6.99. The van der Waals surface area contributed by atoms with Crippen LogP contribution in [0.4, 0.5) is 5.82 Å². The van der Waals surface area contributed by atoms with E-state index < -0.39 is 0 Å². The van der Waals surface area contributed by atoms with Crippen molar-refractivity contribution in [2.24, 2.45) is 0 Å². The zero-order valence-corrected chi connectivity index (χ0v) is 14.6. The Hall–Kier alpha value is -2.36. The number of carbonyl (C=O) groups excluding carboxylic acids is 1. The van der Waals surface area contributed by atoms with Crippen LogP contribution in [0.3, 0.4) is 0 Å². The molecule has 1 aromatic heterocycles. The summed E-state index contributed by atoms with van der Waals surface area (Å²) in [5.41, 5.74) is 1.99. The van der Waals surface area contributed by atoms with E-state index in [-0.39, 0.29) is 11.9 Å². The summed E-state index contributed by atoms with van der Waals surface area (Å²) in [5, 5.41) is 0. The third-order valence-corrected chi connectivity index (χ3v) is 5.37. The van der Waals surface area contributed by atoms with Gasteiger partial charge in [-0.05, 0) is 50.3 Å². The van der Waals surface area contributed by atoms with Crippen LogP contribution < -0.4 is 4.90 Å². The fourth-order valence-corrected chi connectivity index (χ4v) is 4.11. The summed E-state index contributed by atoms with van der Waals surface area (Å²) >= 11 is 0. The summed E-state index contributed by atoms with van der Waals surface area (Å²) in [6.07, 6.45) is 7.60. The Labute approximate surface area is 149 Å². The molecule has 1 aromatic carbocycles. The average Bonchev–Trinajstić information content (AvgIpc) is 3.23. The predicted molar refractivity (Wildman–Crippen MR) is 99.8 cm³/mol. The summed E-state index contributed by atoms with van der Waals surface area (Å²) in [6.45, 7) is 2.97. The molecule has 130 valence electrons. The highest BCUT2D eigenvalue weighted by molar-refractivity contribution is 5.94. The van der Waals surface area contributed by atoms with E-state index in [1.54, 1.807) is 0 Å². The fraction of sp³-hybridized carbons (Fsp3) is 0.429. The highest BCUT2D eigenvalue weighted by atomic mass is 16.2. The highest BCUT2D eigenvalue weighted by Gasteiger charge is 2.31. The number of aromatic nitrogens is 1. The van der Waals surface area contributed by atoms with Crippen LogP contribution in [0.15, 0.2) is 48.7 Å². The van der Waals surface area contributed by atoms with E-state index in [4.69, 9.17) is 4.98 Å². The summed E-state index contributed by atoms with van der Waals surface area (Å²) in [6, 6.07) is 14.0. The predicted octanol–water partition coefficient (Wildman–Crippen LogP) is 4.05. The van der Waals surface area contributed by atoms with Crippen molar-refractivity contribution in [2.45, 2.75) is 38.1 Å². The Morgan fingerprint density at radius 2 is 1.68 bits per heavy atom. The number of piperidine rings is 1. The zero-order chi connectivity index (χ0) is 17.1. The number of likely N-dealkylation sites (tertiary alicyclic amines) is 1. The van der Waals surface area contributed by atoms with Crippen LogP contribution in [0.2, 0.25) is 0 Å². The van der Waals surface area contributed by atoms with Gasteiger partial charge in [0.25, 0.3) is 5.91 Å². The second kappa shape index (κ2) is 7.26. The van der Waals surface area contributed by atoms with Crippen molar-refractivity contribution in [3.8, 4) is 0 Å². The molecule has 2 saturated heterocycles. The molecule has 4 rings (SSSR count). The molecule has 2 aromatic rings. The molecule has 2 aliphatic heterocycles. The molecule has 3 heterocycles. The van der Waals surface area contributed by atoms with Gasteiger partial charge in [0.15, 0.2) is 0 Å². The first-order valence-corrected chi connectivity index (χ1v) is 9.40. The molecule has 0 aliphatic carbocycles. The van der Waals surface area contributed by atoms with Crippen molar-refractivity contribution in [1.82, 2.24) is 9.88 Å². The molecule has 0 unspecified atom stereocenters. The minimum atomic E-state index is 0.130. The molecule has 25 heavy (non-hydrogen) atoms. The van der Waals surface area contributed by atoms with E-state index in [2.05, 4.69) is 15.9 Å². The summed E-state index contributed by atoms with van der Waals surface area (Å²) in [4.78, 5) is 22.2. The average molecular weight is 335 g/mol. The van der Waals surface area contributed by atoms with Crippen LogP contribution in [-0.4, -0.2) is 35.4 Å². The van der Waals surface area contributed by atoms with Crippen LogP contribution in [0.25, 0.3) is 0 Å². The minimum Gasteiger partial charge on any atom is -0.356 e. The Morgan fingerprint density at radius 3 is 2.48 bits per heavy atom. The lowest BCUT2D eigenvalue weighted by atomic mass is 9.94. The fourth-order valence-electron chi connectivity index (χ4n) is 4.11. The van der Waals surface area contributed by atoms with Crippen molar-refractivity contribution in [3.05, 3.63) is 59.8 Å². The van der Waals surface area contributed by atoms with Crippen molar-refractivity contribution >= 4 is 11.7 Å². The van der Waals surface area contributed by atoms with Crippen molar-refractivity contribution in [2.75, 3.05) is 24.5 Å². The SMILES string of the molecule is O=C(c1ccccc1)N1CCCC[C@@H]1c1cccnc1N1CCCC1. The molecule has 0 saturated carbocycles. The first kappa shape index (κ1) is 16.1. The quantitative estimate of drug-likeness (QED) is 0.849. The smallest absolute Gasteiger partial charge is 0.254 e. The monoisotopic (exact) mass is 335 g/mol. The molecule has 4 nitrogen and oxygen atoms in total. The molecule has 0 radical (unpaired) electrons. The maximum Gasteiger partial charge on any atom is 0.254 e. The van der Waals surface area contributed by atoms with Crippen LogP contribution >= 0.6 is 0 Å². The van der Waals surface area contributed by atoms with Gasteiger partial charge in [-0.15, -0.1) is 0 Å². The van der Waals surface area contributed by atoms with Gasteiger partial charge in [0, 0.05) is 37.0 Å². The number of pyridine rings is 1. The molecule has 0 bridgehead atoms. The van der Waals surface area contributed by atoms with Gasteiger partial charge in [-0.1, -0.05) is 24.3 Å². The first-order valence-electron chi connectivity index (χ1n) is 9.40. The molecule has 2 fully saturated rings. The van der Waals surface area contributed by atoms with Crippen LogP contribution in [0.5, 0.6) is 0 Å². The number of hydrogen-bond acceptors (Lipinski definition) is 3. The standard InChI is InChI=1S/C21H25N3O/c25-21(17-9-2-1-3-10-17)24-16-5-4-12-19(24)18-11-8-13-22-20(18)23-14-6-7-15-23/h1-3,8-11,13,19H,4-7,12,14-16H2/t19-/m1/s1. The first-order chi connectivity index (χ1) is 12.3. The number of nitrogens with zero attached hydrogens (tertiary/aromatic N) is 3. The largest absolute Gasteiger partial charge is 0.356 e. The molecular weight excluding hydrogens is 310 g/mol. The number of rotatable bonds is 3. The molecule has 0 N–H and O–H groups in total. The number of carbonyl (C=O) groups is 1. The van der Waals surface area contributed by atoms with E-state index in [1.165, 1.54) is 18.4 Å². The summed E-state index contributed by atoms with van der Waals surface area (Å²) < 4.78 is 0. The lowest BCUT2D eigenvalue weighted by Gasteiger charge is -2.37. The lowest BCUT2D eigenvalue weighted by Crippen LogP contribution is -2.39. The number of amides is 1. The molecule has 1 amide bonds. The third kappa shape index (κ3) is 3.26. The summed E-state index contributed by atoms with van der Waals surface area (Å²) in [7, 11) is 0. The Bertz CT molecular complexity index is 725. The summed E-state index contributed by atoms with van der Waals surface area (Å²) in [5.74, 6) is 1.22. The van der Waals surface area contributed by atoms with Crippen LogP contribution in [0, 0.1) is 0 Å². The van der Waals surface area contributed by atoms with Gasteiger partial charge in [-0.3, -0.25) is 4.79 Å². The van der Waals surface area contributed by atoms with E-state index in [0.717, 1.165) is 50.3 Å².